The first-order valence-corrected chi connectivity index (χ1v) is 10.6. The summed E-state index contributed by atoms with van der Waals surface area (Å²) in [7, 11) is 1.57. The molecular formula is C23H22FN4O5+. The molecular weight excluding hydrogens is 431 g/mol. The standard InChI is InChI=1S/C23H21FN4O5/c1-32-18-10-8-17(9-11-18)28-20(23(31)33-25-28)13-26(15-6-7-15)19-12-21(29)27(22(19)30)16-4-2-14(24)3-5-16/h2-5,8-11,15,19H,6-7,12-13H2,1H3/p+1. The molecule has 1 unspecified atom stereocenters. The number of carbonyl (C=O) groups excluding carboxylic acids is 2. The molecule has 2 aliphatic rings. The number of imide groups is 1. The number of methoxy groups -OCH3 is 1. The number of benzene rings is 2. The number of hydrogen-bond donors (Lipinski definition) is 1. The van der Waals surface area contributed by atoms with Gasteiger partial charge in [0.1, 0.15) is 11.6 Å². The minimum absolute atomic E-state index is 0.00893. The Morgan fingerprint density at radius 1 is 1.12 bits per heavy atom. The minimum Gasteiger partial charge on any atom is -0.497 e. The predicted molar refractivity (Wildman–Crippen MR) is 113 cm³/mol. The summed E-state index contributed by atoms with van der Waals surface area (Å²) in [4.78, 5) is 41.5. The van der Waals surface area contributed by atoms with Crippen molar-refractivity contribution in [2.75, 3.05) is 12.0 Å². The molecule has 3 aromatic rings. The van der Waals surface area contributed by atoms with Crippen LogP contribution in [0.3, 0.4) is 0 Å². The van der Waals surface area contributed by atoms with Crippen molar-refractivity contribution in [2.24, 2.45) is 0 Å². The highest BCUT2D eigenvalue weighted by atomic mass is 19.1. The van der Waals surface area contributed by atoms with Gasteiger partial charge in [-0.2, -0.15) is 0 Å². The van der Waals surface area contributed by atoms with Gasteiger partial charge in [0, 0.05) is 18.2 Å². The number of aromatic amines is 1. The number of nitrogens with one attached hydrogen (secondary N) is 1. The Hall–Kier alpha value is -3.79. The van der Waals surface area contributed by atoms with E-state index < -0.39 is 17.5 Å². The Morgan fingerprint density at radius 2 is 1.82 bits per heavy atom. The number of halogens is 1. The zero-order valence-corrected chi connectivity index (χ0v) is 17.9. The van der Waals surface area contributed by atoms with E-state index in [2.05, 4.69) is 5.27 Å². The number of anilines is 1. The summed E-state index contributed by atoms with van der Waals surface area (Å²) in [6.45, 7) is 0.128. The molecule has 170 valence electrons. The molecule has 2 amide bonds. The van der Waals surface area contributed by atoms with Crippen LogP contribution in [0.4, 0.5) is 10.1 Å². The number of ether oxygens (including phenoxy) is 1. The highest BCUT2D eigenvalue weighted by molar-refractivity contribution is 6.22. The largest absolute Gasteiger partial charge is 0.497 e. The van der Waals surface area contributed by atoms with E-state index in [1.165, 1.54) is 28.9 Å². The fraction of sp³-hybridized carbons (Fsp3) is 0.304. The Morgan fingerprint density at radius 3 is 2.45 bits per heavy atom. The molecule has 0 bridgehead atoms. The van der Waals surface area contributed by atoms with Crippen molar-refractivity contribution in [3.63, 3.8) is 0 Å². The van der Waals surface area contributed by atoms with Gasteiger partial charge in [0.05, 0.1) is 31.8 Å². The first-order valence-electron chi connectivity index (χ1n) is 10.6. The van der Waals surface area contributed by atoms with Gasteiger partial charge in [0.15, 0.2) is 0 Å². The van der Waals surface area contributed by atoms with Crippen LogP contribution in [-0.2, 0) is 16.1 Å². The third kappa shape index (κ3) is 3.93. The second-order valence-electron chi connectivity index (χ2n) is 8.13. The van der Waals surface area contributed by atoms with E-state index in [1.807, 2.05) is 4.90 Å². The van der Waals surface area contributed by atoms with Gasteiger partial charge in [-0.3, -0.25) is 19.0 Å². The van der Waals surface area contributed by atoms with Crippen LogP contribution in [0.2, 0.25) is 0 Å². The molecule has 1 aliphatic heterocycles. The summed E-state index contributed by atoms with van der Waals surface area (Å²) in [5.41, 5.74) is 0.754. The summed E-state index contributed by atoms with van der Waals surface area (Å²) < 4.78 is 25.1. The molecule has 2 heterocycles. The lowest BCUT2D eigenvalue weighted by atomic mass is 10.2. The molecule has 2 aromatic carbocycles. The Kier molecular flexibility index (Phi) is 5.29. The van der Waals surface area contributed by atoms with Crippen LogP contribution >= 0.6 is 0 Å². The number of nitrogens with zero attached hydrogens (tertiary/aromatic N) is 3. The summed E-state index contributed by atoms with van der Waals surface area (Å²) in [6.07, 6.45) is 1.73. The molecule has 2 fully saturated rings. The average molecular weight is 453 g/mol. The maximum Gasteiger partial charge on any atom is 0.431 e. The van der Waals surface area contributed by atoms with E-state index in [4.69, 9.17) is 9.26 Å². The van der Waals surface area contributed by atoms with E-state index in [0.717, 1.165) is 17.7 Å². The maximum atomic E-state index is 13.3. The van der Waals surface area contributed by atoms with Crippen molar-refractivity contribution in [1.29, 1.82) is 0 Å². The quantitative estimate of drug-likeness (QED) is 0.432. The van der Waals surface area contributed by atoms with Crippen molar-refractivity contribution < 1.29 is 27.9 Å². The van der Waals surface area contributed by atoms with Gasteiger partial charge < -0.3 is 4.74 Å². The third-order valence-corrected chi connectivity index (χ3v) is 6.02. The molecule has 0 spiro atoms. The second-order valence-corrected chi connectivity index (χ2v) is 8.13. The summed E-state index contributed by atoms with van der Waals surface area (Å²) >= 11 is 0. The number of carbonyl (C=O) groups is 2. The van der Waals surface area contributed by atoms with Crippen LogP contribution in [0.25, 0.3) is 5.69 Å². The zero-order chi connectivity index (χ0) is 23.1. The lowest BCUT2D eigenvalue weighted by Crippen LogP contribution is -2.47. The fourth-order valence-corrected chi connectivity index (χ4v) is 4.18. The maximum absolute atomic E-state index is 13.3. The Balaban J connectivity index is 1.44. The molecule has 9 nitrogen and oxygen atoms in total. The van der Waals surface area contributed by atoms with Gasteiger partial charge in [0.2, 0.25) is 11.6 Å². The van der Waals surface area contributed by atoms with Gasteiger partial charge in [-0.25, -0.2) is 14.1 Å². The minimum atomic E-state index is -0.714. The van der Waals surface area contributed by atoms with Gasteiger partial charge in [0.25, 0.3) is 5.91 Å². The van der Waals surface area contributed by atoms with Crippen LogP contribution in [-0.4, -0.2) is 41.2 Å². The summed E-state index contributed by atoms with van der Waals surface area (Å²) in [5, 5.41) is 2.61. The highest BCUT2D eigenvalue weighted by Crippen LogP contribution is 2.34. The van der Waals surface area contributed by atoms with Gasteiger partial charge in [-0.05, 0) is 59.2 Å². The molecule has 33 heavy (non-hydrogen) atoms. The topological polar surface area (TPSA) is 99.7 Å². The third-order valence-electron chi connectivity index (χ3n) is 6.02. The van der Waals surface area contributed by atoms with Crippen LogP contribution in [0.5, 0.6) is 5.75 Å². The number of aromatic nitrogens is 2. The van der Waals surface area contributed by atoms with Crippen LogP contribution in [0, 0.1) is 5.82 Å². The first-order chi connectivity index (χ1) is 16.0. The number of amides is 2. The van der Waals surface area contributed by atoms with E-state index >= 15 is 0 Å². The molecule has 1 atom stereocenters. The van der Waals surface area contributed by atoms with Crippen molar-refractivity contribution in [1.82, 2.24) is 10.2 Å². The number of H-pyrrole nitrogens is 1. The van der Waals surface area contributed by atoms with E-state index in [1.54, 1.807) is 31.4 Å². The SMILES string of the molecule is COc1ccc(-[n+]2[nH]oc(=O)c2CN(C2CC2)C2CC(=O)N(c3ccc(F)cc3)C2=O)cc1. The first kappa shape index (κ1) is 21.1. The van der Waals surface area contributed by atoms with E-state index in [-0.39, 0.29) is 30.8 Å². The van der Waals surface area contributed by atoms with Crippen LogP contribution in [0.15, 0.2) is 57.8 Å². The Bertz CT molecular complexity index is 1250. The number of hydrogen-bond acceptors (Lipinski definition) is 6. The lowest BCUT2D eigenvalue weighted by Gasteiger charge is -2.25. The lowest BCUT2D eigenvalue weighted by molar-refractivity contribution is -0.678. The summed E-state index contributed by atoms with van der Waals surface area (Å²) in [6, 6.07) is 11.7. The molecule has 1 saturated carbocycles. The van der Waals surface area contributed by atoms with E-state index in [0.29, 0.717) is 22.8 Å². The average Bonchev–Trinajstić information content (AvgIpc) is 3.54. The molecule has 5 rings (SSSR count). The monoisotopic (exact) mass is 453 g/mol. The molecule has 1 saturated heterocycles. The molecule has 10 heteroatoms. The highest BCUT2D eigenvalue weighted by Gasteiger charge is 2.48. The van der Waals surface area contributed by atoms with E-state index in [9.17, 15) is 18.8 Å². The zero-order valence-electron chi connectivity index (χ0n) is 17.9. The number of rotatable bonds is 7. The van der Waals surface area contributed by atoms with Gasteiger partial charge >= 0.3 is 11.3 Å². The smallest absolute Gasteiger partial charge is 0.431 e. The van der Waals surface area contributed by atoms with Crippen molar-refractivity contribution in [3.8, 4) is 11.4 Å². The van der Waals surface area contributed by atoms with Crippen molar-refractivity contribution in [3.05, 3.63) is 70.5 Å². The normalized spacial score (nSPS) is 18.4. The Labute approximate surface area is 187 Å². The predicted octanol–water partition coefficient (Wildman–Crippen LogP) is 1.69. The van der Waals surface area contributed by atoms with Crippen molar-refractivity contribution >= 4 is 17.5 Å². The second kappa shape index (κ2) is 8.28. The fourth-order valence-electron chi connectivity index (χ4n) is 4.18. The summed E-state index contributed by atoms with van der Waals surface area (Å²) in [5.74, 6) is -0.514. The molecule has 1 aliphatic carbocycles. The van der Waals surface area contributed by atoms with Gasteiger partial charge in [-0.1, -0.05) is 0 Å². The van der Waals surface area contributed by atoms with Crippen LogP contribution in [0.1, 0.15) is 25.0 Å². The molecule has 0 radical (unpaired) electrons. The van der Waals surface area contributed by atoms with Crippen LogP contribution < -0.4 is 19.9 Å². The molecule has 1 aromatic heterocycles. The van der Waals surface area contributed by atoms with Gasteiger partial charge in [-0.15, -0.1) is 0 Å². The van der Waals surface area contributed by atoms with Crippen molar-refractivity contribution in [2.45, 2.75) is 37.9 Å². The molecule has 1 N–H and O–H groups in total.